The number of benzene rings is 1. The number of nitrogens with zero attached hydrogens (tertiary/aromatic N) is 1. The lowest BCUT2D eigenvalue weighted by atomic mass is 9.83. The van der Waals surface area contributed by atoms with Crippen molar-refractivity contribution in [2.75, 3.05) is 25.2 Å². The highest BCUT2D eigenvalue weighted by molar-refractivity contribution is 6.07. The Bertz CT molecular complexity index is 665. The SMILES string of the molecule is COc1ccc2c(c1)[C@@]1(OCCC=C[C@H]1C)C(=O)N2CC1CC1. The largest absolute Gasteiger partial charge is 0.497 e. The van der Waals surface area contributed by atoms with Gasteiger partial charge >= 0.3 is 0 Å². The minimum Gasteiger partial charge on any atom is -0.497 e. The zero-order chi connectivity index (χ0) is 16.0. The van der Waals surface area contributed by atoms with Crippen LogP contribution in [0.25, 0.3) is 0 Å². The van der Waals surface area contributed by atoms with Gasteiger partial charge in [0.2, 0.25) is 0 Å². The van der Waals surface area contributed by atoms with Gasteiger partial charge in [-0.05, 0) is 43.4 Å². The number of hydrogen-bond donors (Lipinski definition) is 0. The third kappa shape index (κ3) is 2.19. The first-order valence-corrected chi connectivity index (χ1v) is 8.48. The van der Waals surface area contributed by atoms with Crippen LogP contribution in [-0.4, -0.2) is 26.2 Å². The molecule has 0 unspecified atom stereocenters. The number of anilines is 1. The number of fused-ring (bicyclic) bond motifs is 2. The van der Waals surface area contributed by atoms with Crippen LogP contribution < -0.4 is 9.64 Å². The lowest BCUT2D eigenvalue weighted by Crippen LogP contribution is -2.46. The van der Waals surface area contributed by atoms with Crippen molar-refractivity contribution in [2.24, 2.45) is 11.8 Å². The summed E-state index contributed by atoms with van der Waals surface area (Å²) in [5.41, 5.74) is 1.05. The number of rotatable bonds is 3. The van der Waals surface area contributed by atoms with Crippen LogP contribution >= 0.6 is 0 Å². The zero-order valence-electron chi connectivity index (χ0n) is 13.7. The van der Waals surface area contributed by atoms with E-state index in [-0.39, 0.29) is 11.8 Å². The first-order valence-electron chi connectivity index (χ1n) is 8.48. The Kier molecular flexibility index (Phi) is 3.45. The smallest absolute Gasteiger partial charge is 0.264 e. The number of carbonyl (C=O) groups is 1. The van der Waals surface area contributed by atoms with Crippen LogP contribution in [0.4, 0.5) is 5.69 Å². The first-order chi connectivity index (χ1) is 11.2. The standard InChI is InChI=1S/C19H23NO3/c1-13-5-3-4-10-23-19(13)16-11-15(22-2)8-9-17(16)20(18(19)21)12-14-6-7-14/h3,5,8-9,11,13-14H,4,6-7,10,12H2,1-2H3/t13-,19-/m1/s1. The molecular weight excluding hydrogens is 290 g/mol. The van der Waals surface area contributed by atoms with Crippen molar-refractivity contribution in [3.63, 3.8) is 0 Å². The second-order valence-electron chi connectivity index (χ2n) is 6.83. The Morgan fingerprint density at radius 3 is 2.96 bits per heavy atom. The monoisotopic (exact) mass is 313 g/mol. The van der Waals surface area contributed by atoms with Crippen molar-refractivity contribution in [3.8, 4) is 5.75 Å². The van der Waals surface area contributed by atoms with Crippen LogP contribution in [0.3, 0.4) is 0 Å². The Morgan fingerprint density at radius 1 is 1.39 bits per heavy atom. The van der Waals surface area contributed by atoms with E-state index in [1.807, 2.05) is 23.1 Å². The van der Waals surface area contributed by atoms with Gasteiger partial charge in [0.25, 0.3) is 5.91 Å². The molecule has 0 radical (unpaired) electrons. The Morgan fingerprint density at radius 2 is 2.22 bits per heavy atom. The summed E-state index contributed by atoms with van der Waals surface area (Å²) >= 11 is 0. The molecule has 1 fully saturated rings. The summed E-state index contributed by atoms with van der Waals surface area (Å²) in [6.45, 7) is 3.45. The van der Waals surface area contributed by atoms with Crippen LogP contribution in [0.15, 0.2) is 30.4 Å². The maximum Gasteiger partial charge on any atom is 0.264 e. The normalized spacial score (nSPS) is 29.7. The zero-order valence-corrected chi connectivity index (χ0v) is 13.7. The van der Waals surface area contributed by atoms with Gasteiger partial charge in [-0.15, -0.1) is 0 Å². The molecule has 4 nitrogen and oxygen atoms in total. The minimum absolute atomic E-state index is 0.00700. The van der Waals surface area contributed by atoms with Gasteiger partial charge in [-0.3, -0.25) is 4.79 Å². The average molecular weight is 313 g/mol. The molecule has 4 rings (SSSR count). The van der Waals surface area contributed by atoms with Crippen molar-refractivity contribution < 1.29 is 14.3 Å². The van der Waals surface area contributed by atoms with E-state index in [1.165, 1.54) is 12.8 Å². The fourth-order valence-corrected chi connectivity index (χ4v) is 3.77. The van der Waals surface area contributed by atoms with Crippen LogP contribution in [0.5, 0.6) is 5.75 Å². The highest BCUT2D eigenvalue weighted by atomic mass is 16.5. The second-order valence-corrected chi connectivity index (χ2v) is 6.83. The molecule has 0 bridgehead atoms. The van der Waals surface area contributed by atoms with E-state index in [0.29, 0.717) is 12.5 Å². The van der Waals surface area contributed by atoms with Crippen molar-refractivity contribution >= 4 is 11.6 Å². The maximum atomic E-state index is 13.4. The molecule has 1 aliphatic carbocycles. The fourth-order valence-electron chi connectivity index (χ4n) is 3.77. The van der Waals surface area contributed by atoms with Crippen LogP contribution in [-0.2, 0) is 15.1 Å². The van der Waals surface area contributed by atoms with E-state index in [9.17, 15) is 4.79 Å². The van der Waals surface area contributed by atoms with Crippen LogP contribution in [0, 0.1) is 11.8 Å². The molecule has 3 aliphatic rings. The van der Waals surface area contributed by atoms with Crippen molar-refractivity contribution in [3.05, 3.63) is 35.9 Å². The van der Waals surface area contributed by atoms with Gasteiger partial charge in [-0.25, -0.2) is 0 Å². The molecule has 23 heavy (non-hydrogen) atoms. The van der Waals surface area contributed by atoms with E-state index in [2.05, 4.69) is 19.1 Å². The van der Waals surface area contributed by atoms with Crippen molar-refractivity contribution in [1.82, 2.24) is 0 Å². The van der Waals surface area contributed by atoms with Gasteiger partial charge in [-0.2, -0.15) is 0 Å². The number of carbonyl (C=O) groups excluding carboxylic acids is 1. The van der Waals surface area contributed by atoms with E-state index in [4.69, 9.17) is 9.47 Å². The molecule has 0 saturated heterocycles. The highest BCUT2D eigenvalue weighted by Gasteiger charge is 2.56. The van der Waals surface area contributed by atoms with Crippen molar-refractivity contribution in [2.45, 2.75) is 31.8 Å². The summed E-state index contributed by atoms with van der Waals surface area (Å²) < 4.78 is 11.6. The van der Waals surface area contributed by atoms with Crippen molar-refractivity contribution in [1.29, 1.82) is 0 Å². The summed E-state index contributed by atoms with van der Waals surface area (Å²) in [7, 11) is 1.66. The third-order valence-electron chi connectivity index (χ3n) is 5.28. The van der Waals surface area contributed by atoms with Gasteiger partial charge < -0.3 is 14.4 Å². The van der Waals surface area contributed by atoms with E-state index in [0.717, 1.165) is 30.0 Å². The van der Waals surface area contributed by atoms with Gasteiger partial charge in [-0.1, -0.05) is 19.1 Å². The molecule has 2 aliphatic heterocycles. The van der Waals surface area contributed by atoms with E-state index >= 15 is 0 Å². The summed E-state index contributed by atoms with van der Waals surface area (Å²) in [5, 5.41) is 0. The topological polar surface area (TPSA) is 38.8 Å². The third-order valence-corrected chi connectivity index (χ3v) is 5.28. The van der Waals surface area contributed by atoms with E-state index in [1.54, 1.807) is 7.11 Å². The van der Waals surface area contributed by atoms with Gasteiger partial charge in [0.15, 0.2) is 5.60 Å². The molecule has 2 heterocycles. The maximum absolute atomic E-state index is 13.4. The molecule has 1 saturated carbocycles. The molecular formula is C19H23NO3. The predicted octanol–water partition coefficient (Wildman–Crippen LogP) is 3.26. The first kappa shape index (κ1) is 14.8. The van der Waals surface area contributed by atoms with Gasteiger partial charge in [0.1, 0.15) is 5.75 Å². The molecule has 1 spiro atoms. The number of amides is 1. The molecule has 0 aromatic heterocycles. The number of ether oxygens (including phenoxy) is 2. The minimum atomic E-state index is -0.897. The molecule has 1 aromatic rings. The summed E-state index contributed by atoms with van der Waals surface area (Å²) in [5.74, 6) is 1.51. The lowest BCUT2D eigenvalue weighted by molar-refractivity contribution is -0.148. The van der Waals surface area contributed by atoms with Gasteiger partial charge in [0, 0.05) is 18.0 Å². The molecule has 122 valence electrons. The average Bonchev–Trinajstić information content (AvgIpc) is 3.36. The Hall–Kier alpha value is -1.81. The highest BCUT2D eigenvalue weighted by Crippen LogP contribution is 2.50. The van der Waals surface area contributed by atoms with E-state index < -0.39 is 5.60 Å². The van der Waals surface area contributed by atoms with Crippen LogP contribution in [0.2, 0.25) is 0 Å². The molecule has 1 amide bonds. The fraction of sp³-hybridized carbons (Fsp3) is 0.526. The Labute approximate surface area is 137 Å². The molecule has 2 atom stereocenters. The predicted molar refractivity (Wildman–Crippen MR) is 88.6 cm³/mol. The Balaban J connectivity index is 1.85. The summed E-state index contributed by atoms with van der Waals surface area (Å²) in [6, 6.07) is 5.92. The molecule has 4 heteroatoms. The second kappa shape index (κ2) is 5.38. The molecule has 1 aromatic carbocycles. The number of hydrogen-bond acceptors (Lipinski definition) is 3. The molecule has 0 N–H and O–H groups in total. The quantitative estimate of drug-likeness (QED) is 0.804. The van der Waals surface area contributed by atoms with Gasteiger partial charge in [0.05, 0.1) is 19.4 Å². The summed E-state index contributed by atoms with van der Waals surface area (Å²) in [4.78, 5) is 15.3. The summed E-state index contributed by atoms with van der Waals surface area (Å²) in [6.07, 6.45) is 7.53. The number of methoxy groups -OCH3 is 1. The van der Waals surface area contributed by atoms with Crippen LogP contribution in [0.1, 0.15) is 31.7 Å². The lowest BCUT2D eigenvalue weighted by Gasteiger charge is -2.32.